The molecule has 0 radical (unpaired) electrons. The lowest BCUT2D eigenvalue weighted by atomic mass is 10.1. The molecule has 0 unspecified atom stereocenters. The summed E-state index contributed by atoms with van der Waals surface area (Å²) in [4.78, 5) is 2.74. The highest BCUT2D eigenvalue weighted by molar-refractivity contribution is 6.71. The van der Waals surface area contributed by atoms with E-state index >= 15 is 0 Å². The van der Waals surface area contributed by atoms with E-state index in [1.165, 1.54) is 38.1 Å². The van der Waals surface area contributed by atoms with Gasteiger partial charge in [-0.15, -0.1) is 0 Å². The third-order valence-corrected chi connectivity index (χ3v) is 5.57. The van der Waals surface area contributed by atoms with Crippen LogP contribution < -0.4 is 0 Å². The van der Waals surface area contributed by atoms with Gasteiger partial charge in [0.1, 0.15) is 0 Å². The maximum atomic E-state index is 8.09. The Bertz CT molecular complexity index is 215. The monoisotopic (exact) mass is 243 g/mol. The molecule has 0 saturated heterocycles. The smallest absolute Gasteiger partial charge is 0.186 e. The number of hydrogen-bond donors (Lipinski definition) is 0. The summed E-state index contributed by atoms with van der Waals surface area (Å²) in [6.45, 7) is 5.19. The molecule has 16 heavy (non-hydrogen) atoms. The number of nitrogens with zero attached hydrogens (tertiary/aromatic N) is 3. The zero-order valence-corrected chi connectivity index (χ0v) is 11.9. The van der Waals surface area contributed by atoms with Crippen molar-refractivity contribution in [2.24, 2.45) is 5.11 Å². The first kappa shape index (κ1) is 15.5. The van der Waals surface area contributed by atoms with Crippen LogP contribution in [0.15, 0.2) is 5.11 Å². The Kier molecular flexibility index (Phi) is 9.38. The van der Waals surface area contributed by atoms with Gasteiger partial charge in [0, 0.05) is 18.6 Å². The highest BCUT2D eigenvalue weighted by Crippen LogP contribution is 2.16. The molecule has 0 aliphatic carbocycles. The second kappa shape index (κ2) is 9.69. The lowest BCUT2D eigenvalue weighted by Gasteiger charge is -2.19. The van der Waals surface area contributed by atoms with E-state index in [1.807, 2.05) is 7.11 Å². The first-order valence-electron chi connectivity index (χ1n) is 6.18. The second-order valence-corrected chi connectivity index (χ2v) is 9.22. The van der Waals surface area contributed by atoms with Crippen LogP contribution in [0.3, 0.4) is 0 Å². The molecule has 0 amide bonds. The van der Waals surface area contributed by atoms with Gasteiger partial charge in [-0.25, -0.2) is 0 Å². The van der Waals surface area contributed by atoms with Gasteiger partial charge in [-0.2, -0.15) is 0 Å². The molecule has 0 aliphatic heterocycles. The van der Waals surface area contributed by atoms with Crippen LogP contribution in [0.4, 0.5) is 0 Å². The molecule has 0 heterocycles. The highest BCUT2D eigenvalue weighted by Gasteiger charge is 2.18. The van der Waals surface area contributed by atoms with Crippen LogP contribution in [0.2, 0.25) is 19.1 Å². The maximum Gasteiger partial charge on any atom is 0.186 e. The molecular formula is C11H25N3OSi. The van der Waals surface area contributed by atoms with Crippen LogP contribution in [-0.4, -0.2) is 22.0 Å². The third-order valence-electron chi connectivity index (χ3n) is 2.90. The Balaban J connectivity index is 3.18. The van der Waals surface area contributed by atoms with E-state index in [-0.39, 0.29) is 0 Å². The van der Waals surface area contributed by atoms with Gasteiger partial charge in [0.2, 0.25) is 0 Å². The molecule has 4 nitrogen and oxygen atoms in total. The van der Waals surface area contributed by atoms with Crippen molar-refractivity contribution in [1.82, 2.24) is 0 Å². The van der Waals surface area contributed by atoms with Crippen molar-refractivity contribution in [2.45, 2.75) is 57.7 Å². The van der Waals surface area contributed by atoms with Crippen LogP contribution in [0, 0.1) is 0 Å². The Morgan fingerprint density at radius 2 is 1.62 bits per heavy atom. The minimum Gasteiger partial charge on any atom is -0.420 e. The highest BCUT2D eigenvalue weighted by atomic mass is 28.4. The van der Waals surface area contributed by atoms with Gasteiger partial charge in [-0.1, -0.05) is 37.2 Å². The van der Waals surface area contributed by atoms with Crippen LogP contribution in [-0.2, 0) is 4.43 Å². The average molecular weight is 243 g/mol. The van der Waals surface area contributed by atoms with Gasteiger partial charge in [0.05, 0.1) is 0 Å². The van der Waals surface area contributed by atoms with E-state index in [9.17, 15) is 0 Å². The van der Waals surface area contributed by atoms with E-state index in [0.717, 1.165) is 6.42 Å². The Labute approximate surface area is 100 Å². The molecule has 94 valence electrons. The Hall–Kier alpha value is -0.513. The van der Waals surface area contributed by atoms with E-state index in [4.69, 9.17) is 9.96 Å². The lowest BCUT2D eigenvalue weighted by Crippen LogP contribution is -2.27. The van der Waals surface area contributed by atoms with Crippen LogP contribution in [0.5, 0.6) is 0 Å². The molecular weight excluding hydrogens is 218 g/mol. The predicted octanol–water partition coefficient (Wildman–Crippen LogP) is 4.49. The fraction of sp³-hybridized carbons (Fsp3) is 1.00. The number of unbranched alkanes of at least 4 members (excludes halogenated alkanes) is 5. The van der Waals surface area contributed by atoms with Crippen molar-refractivity contribution in [3.63, 3.8) is 0 Å². The largest absolute Gasteiger partial charge is 0.420 e. The van der Waals surface area contributed by atoms with Crippen molar-refractivity contribution in [2.75, 3.05) is 13.7 Å². The molecule has 0 spiro atoms. The van der Waals surface area contributed by atoms with Gasteiger partial charge in [0.15, 0.2) is 8.32 Å². The maximum absolute atomic E-state index is 8.09. The second-order valence-electron chi connectivity index (χ2n) is 4.79. The van der Waals surface area contributed by atoms with Crippen LogP contribution >= 0.6 is 0 Å². The summed E-state index contributed by atoms with van der Waals surface area (Å²) in [5.41, 5.74) is 8.09. The molecule has 0 atom stereocenters. The minimum atomic E-state index is -1.32. The lowest BCUT2D eigenvalue weighted by molar-refractivity contribution is 0.400. The number of hydrogen-bond acceptors (Lipinski definition) is 2. The van der Waals surface area contributed by atoms with E-state index < -0.39 is 8.32 Å². The van der Waals surface area contributed by atoms with Crippen molar-refractivity contribution in [3.8, 4) is 0 Å². The fourth-order valence-electron chi connectivity index (χ4n) is 1.59. The zero-order valence-electron chi connectivity index (χ0n) is 10.9. The summed E-state index contributed by atoms with van der Waals surface area (Å²) < 4.78 is 5.50. The Morgan fingerprint density at radius 1 is 1.06 bits per heavy atom. The summed E-state index contributed by atoms with van der Waals surface area (Å²) >= 11 is 0. The van der Waals surface area contributed by atoms with Gasteiger partial charge in [-0.3, -0.25) is 0 Å². The summed E-state index contributed by atoms with van der Waals surface area (Å²) in [6.07, 6.45) is 7.37. The molecule has 0 N–H and O–H groups in total. The molecule has 0 fully saturated rings. The first-order valence-corrected chi connectivity index (χ1v) is 9.30. The summed E-state index contributed by atoms with van der Waals surface area (Å²) in [6, 6.07) is 1.27. The normalized spacial score (nSPS) is 11.2. The van der Waals surface area contributed by atoms with Crippen molar-refractivity contribution in [3.05, 3.63) is 10.4 Å². The zero-order chi connectivity index (χ0) is 12.3. The molecule has 0 saturated carbocycles. The van der Waals surface area contributed by atoms with Crippen LogP contribution in [0.25, 0.3) is 10.4 Å². The predicted molar refractivity (Wildman–Crippen MR) is 71.0 cm³/mol. The summed E-state index contributed by atoms with van der Waals surface area (Å²) in [5.74, 6) is 0. The number of rotatable bonds is 10. The van der Waals surface area contributed by atoms with Gasteiger partial charge in [-0.05, 0) is 31.1 Å². The van der Waals surface area contributed by atoms with Gasteiger partial charge in [0.25, 0.3) is 0 Å². The summed E-state index contributed by atoms with van der Waals surface area (Å²) in [7, 11) is 0.517. The molecule has 5 heteroatoms. The first-order chi connectivity index (χ1) is 7.62. The topological polar surface area (TPSA) is 58.0 Å². The third kappa shape index (κ3) is 10.0. The summed E-state index contributed by atoms with van der Waals surface area (Å²) in [5, 5.41) is 3.52. The van der Waals surface area contributed by atoms with Crippen molar-refractivity contribution in [1.29, 1.82) is 0 Å². The van der Waals surface area contributed by atoms with E-state index in [1.54, 1.807) is 0 Å². The SMILES string of the molecule is CO[Si](C)(C)CCCCCCCCN=[N+]=[N-]. The molecule has 0 aromatic carbocycles. The molecule has 0 aliphatic rings. The fourth-order valence-corrected chi connectivity index (χ4v) is 2.89. The standard InChI is InChI=1S/C11H25N3OSi/c1-15-16(2,3)11-9-7-5-4-6-8-10-13-14-12/h4-11H2,1-3H3. The number of azide groups is 1. The van der Waals surface area contributed by atoms with Crippen LogP contribution in [0.1, 0.15) is 38.5 Å². The van der Waals surface area contributed by atoms with Crippen molar-refractivity contribution < 1.29 is 4.43 Å². The molecule has 0 aromatic heterocycles. The average Bonchev–Trinajstić information content (AvgIpc) is 2.27. The Morgan fingerprint density at radius 3 is 2.19 bits per heavy atom. The minimum absolute atomic E-state index is 0.653. The van der Waals surface area contributed by atoms with E-state index in [2.05, 4.69) is 23.1 Å². The molecule has 0 aromatic rings. The molecule has 0 bridgehead atoms. The van der Waals surface area contributed by atoms with Gasteiger partial charge < -0.3 is 4.43 Å². The van der Waals surface area contributed by atoms with Gasteiger partial charge >= 0.3 is 0 Å². The van der Waals surface area contributed by atoms with Crippen molar-refractivity contribution >= 4 is 8.32 Å². The molecule has 0 rings (SSSR count). The van der Waals surface area contributed by atoms with E-state index in [0.29, 0.717) is 6.54 Å². The quantitative estimate of drug-likeness (QED) is 0.183.